The Morgan fingerprint density at radius 2 is 1.63 bits per heavy atom. The number of ether oxygens (including phenoxy) is 4. The highest BCUT2D eigenvalue weighted by Gasteiger charge is 2.47. The number of piperidine rings is 2. The summed E-state index contributed by atoms with van der Waals surface area (Å²) in [5.41, 5.74) is 3.22. The molecule has 4 aliphatic rings. The number of halogens is 1. The van der Waals surface area contributed by atoms with E-state index in [9.17, 15) is 33.6 Å². The van der Waals surface area contributed by atoms with Crippen molar-refractivity contribution in [3.05, 3.63) is 123 Å². The number of imide groups is 2. The Bertz CT molecular complexity index is 3210. The second kappa shape index (κ2) is 19.6. The van der Waals surface area contributed by atoms with Crippen LogP contribution in [0.1, 0.15) is 89.1 Å². The number of ketones is 1. The molecule has 71 heavy (non-hydrogen) atoms. The Hall–Kier alpha value is -7.70. The molecule has 6 aromatic rings. The summed E-state index contributed by atoms with van der Waals surface area (Å²) in [7, 11) is 0. The molecule has 1 saturated carbocycles. The van der Waals surface area contributed by atoms with Crippen LogP contribution in [0.25, 0.3) is 33.4 Å². The second-order valence-electron chi connectivity index (χ2n) is 17.9. The number of hydrogen-bond acceptors (Lipinski definition) is 14. The Labute approximate surface area is 410 Å². The van der Waals surface area contributed by atoms with E-state index in [4.69, 9.17) is 35.0 Å². The number of fused-ring (bicyclic) bond motifs is 2. The van der Waals surface area contributed by atoms with E-state index in [1.807, 2.05) is 13.0 Å². The summed E-state index contributed by atoms with van der Waals surface area (Å²) < 4.78 is 32.1. The number of hydrogen-bond donors (Lipinski definition) is 1. The van der Waals surface area contributed by atoms with Crippen molar-refractivity contribution in [2.75, 3.05) is 19.7 Å². The smallest absolute Gasteiger partial charge is 0.266 e. The van der Waals surface area contributed by atoms with Gasteiger partial charge in [0.25, 0.3) is 11.8 Å². The van der Waals surface area contributed by atoms with E-state index in [0.29, 0.717) is 90.2 Å². The molecule has 364 valence electrons. The predicted molar refractivity (Wildman–Crippen MR) is 255 cm³/mol. The van der Waals surface area contributed by atoms with Gasteiger partial charge in [-0.15, -0.1) is 5.10 Å². The first-order chi connectivity index (χ1) is 34.3. The molecule has 2 aromatic heterocycles. The van der Waals surface area contributed by atoms with Crippen LogP contribution in [0.2, 0.25) is 5.02 Å². The molecule has 3 fully saturated rings. The zero-order valence-electron chi connectivity index (χ0n) is 38.7. The molecule has 10 rings (SSSR count). The fourth-order valence-corrected chi connectivity index (χ4v) is 9.65. The highest BCUT2D eigenvalue weighted by molar-refractivity contribution is 6.33. The molecular formula is C52H47ClN6O12. The number of rotatable bonds is 15. The van der Waals surface area contributed by atoms with E-state index in [1.54, 1.807) is 71.8 Å². The third-order valence-electron chi connectivity index (χ3n) is 13.1. The molecule has 1 atom stereocenters. The lowest BCUT2D eigenvalue weighted by Gasteiger charge is -2.40. The van der Waals surface area contributed by atoms with Crippen LogP contribution in [0.5, 0.6) is 17.2 Å². The van der Waals surface area contributed by atoms with Crippen LogP contribution in [0.4, 0.5) is 0 Å². The normalized spacial score (nSPS) is 19.1. The topological polar surface area (TPSA) is 219 Å². The third-order valence-corrected chi connectivity index (χ3v) is 13.5. The summed E-state index contributed by atoms with van der Waals surface area (Å²) in [6, 6.07) is 20.7. The maximum absolute atomic E-state index is 13.5. The maximum Gasteiger partial charge on any atom is 0.266 e. The fraction of sp³-hybridized carbons (Fsp3) is 0.327. The molecule has 4 aromatic carbocycles. The predicted octanol–water partition coefficient (Wildman–Crippen LogP) is 6.57. The first-order valence-corrected chi connectivity index (χ1v) is 23.8. The van der Waals surface area contributed by atoms with E-state index in [-0.39, 0.29) is 89.1 Å². The van der Waals surface area contributed by atoms with Gasteiger partial charge in [-0.25, -0.2) is 4.68 Å². The molecule has 5 amide bonds. The van der Waals surface area contributed by atoms with Gasteiger partial charge in [0, 0.05) is 61.2 Å². The Balaban J connectivity index is 0.683. The zero-order valence-corrected chi connectivity index (χ0v) is 39.4. The highest BCUT2D eigenvalue weighted by atomic mass is 35.5. The monoisotopic (exact) mass is 982 g/mol. The number of carbonyl (C=O) groups is 6. The average Bonchev–Trinajstić information content (AvgIpc) is 3.90. The number of benzene rings is 4. The minimum absolute atomic E-state index is 0.000651. The number of nitrogens with zero attached hydrogens (tertiary/aromatic N) is 5. The van der Waals surface area contributed by atoms with Crippen molar-refractivity contribution in [1.29, 1.82) is 0 Å². The lowest BCUT2D eigenvalue weighted by atomic mass is 9.91. The standard InChI is InChI=1S/C52H47ClN6O12/c1-3-67-44-24-46-39(22-38(44)30-7-4-6-29(18-30)28(2)60)42(61)23-45(71-46)36-11-10-33(21-40(36)53)68-27-31-25-58(56-55-31)26-48(63)57-16-14-32(15-17-57)69-34-19-35(20-34)70-43-9-5-8-37-49(43)52(66)59(51(37)65)41-12-13-47(62)54-50(41)64/h4-11,18,21-25,32,34-35,41H,3,12-17,19-20,26-27H2,1-2H3,(H,54,62,64). The van der Waals surface area contributed by atoms with Crippen LogP contribution in [-0.4, -0.2) is 104 Å². The van der Waals surface area contributed by atoms with Crippen LogP contribution in [0, 0.1) is 0 Å². The van der Waals surface area contributed by atoms with Crippen LogP contribution >= 0.6 is 11.6 Å². The van der Waals surface area contributed by atoms with Crippen molar-refractivity contribution < 1.29 is 52.1 Å². The van der Waals surface area contributed by atoms with E-state index >= 15 is 0 Å². The first kappa shape index (κ1) is 47.0. The number of nitrogens with one attached hydrogen (secondary N) is 1. The SMILES string of the molecule is CCOc1cc2oc(-c3ccc(OCc4cn(CC(=O)N5CCC(OC6CC(Oc7cccc8c7C(=O)N(C7CCC(=O)NC7=O)C8=O)C6)CC5)nn4)cc3Cl)cc(=O)c2cc1-c1cccc(C(C)=O)c1. The summed E-state index contributed by atoms with van der Waals surface area (Å²) >= 11 is 6.72. The molecule has 0 radical (unpaired) electrons. The summed E-state index contributed by atoms with van der Waals surface area (Å²) in [4.78, 5) is 92.3. The fourth-order valence-electron chi connectivity index (χ4n) is 9.39. The van der Waals surface area contributed by atoms with Gasteiger partial charge in [-0.2, -0.15) is 0 Å². The number of aromatic nitrogens is 3. The van der Waals surface area contributed by atoms with Gasteiger partial charge < -0.3 is 28.3 Å². The molecule has 5 heterocycles. The van der Waals surface area contributed by atoms with Gasteiger partial charge in [0.1, 0.15) is 59.6 Å². The molecule has 18 nitrogen and oxygen atoms in total. The van der Waals surface area contributed by atoms with Gasteiger partial charge in [0.05, 0.1) is 46.5 Å². The highest BCUT2D eigenvalue weighted by Crippen LogP contribution is 2.39. The molecule has 3 aliphatic heterocycles. The van der Waals surface area contributed by atoms with Crippen molar-refractivity contribution in [2.24, 2.45) is 0 Å². The number of likely N-dealkylation sites (tertiary alicyclic amines) is 1. The molecule has 1 N–H and O–H groups in total. The van der Waals surface area contributed by atoms with E-state index in [2.05, 4.69) is 15.6 Å². The van der Waals surface area contributed by atoms with Crippen molar-refractivity contribution in [3.63, 3.8) is 0 Å². The van der Waals surface area contributed by atoms with Crippen LogP contribution in [0.3, 0.4) is 0 Å². The van der Waals surface area contributed by atoms with E-state index in [0.717, 1.165) is 10.5 Å². The second-order valence-corrected chi connectivity index (χ2v) is 18.3. The van der Waals surface area contributed by atoms with Gasteiger partial charge in [-0.1, -0.05) is 41.1 Å². The number of amides is 5. The van der Waals surface area contributed by atoms with Gasteiger partial charge in [-0.3, -0.25) is 43.8 Å². The van der Waals surface area contributed by atoms with Crippen molar-refractivity contribution in [3.8, 4) is 39.7 Å². The third kappa shape index (κ3) is 9.64. The summed E-state index contributed by atoms with van der Waals surface area (Å²) in [5, 5.41) is 11.1. The number of Topliss-reactive ketones (excluding diaryl/α,β-unsaturated/α-hetero) is 1. The maximum atomic E-state index is 13.5. The molecule has 1 unspecified atom stereocenters. The van der Waals surface area contributed by atoms with Crippen molar-refractivity contribution >= 4 is 57.9 Å². The van der Waals surface area contributed by atoms with Gasteiger partial charge in [0.2, 0.25) is 17.7 Å². The molecular weight excluding hydrogens is 936 g/mol. The average molecular weight is 983 g/mol. The first-order valence-electron chi connectivity index (χ1n) is 23.4. The molecule has 0 spiro atoms. The minimum Gasteiger partial charge on any atom is -0.493 e. The lowest BCUT2D eigenvalue weighted by molar-refractivity contribution is -0.139. The quantitative estimate of drug-likeness (QED) is 0.0850. The molecule has 19 heteroatoms. The molecule has 2 saturated heterocycles. The Morgan fingerprint density at radius 1 is 0.831 bits per heavy atom. The lowest BCUT2D eigenvalue weighted by Crippen LogP contribution is -2.54. The number of carbonyl (C=O) groups excluding carboxylic acids is 6. The van der Waals surface area contributed by atoms with Crippen LogP contribution in [0.15, 0.2) is 94.3 Å². The van der Waals surface area contributed by atoms with Crippen molar-refractivity contribution in [1.82, 2.24) is 30.1 Å². The summed E-state index contributed by atoms with van der Waals surface area (Å²) in [6.45, 7) is 4.81. The van der Waals surface area contributed by atoms with Gasteiger partial charge >= 0.3 is 0 Å². The molecule has 1 aliphatic carbocycles. The van der Waals surface area contributed by atoms with Crippen molar-refractivity contribution in [2.45, 2.75) is 89.9 Å². The van der Waals surface area contributed by atoms with Crippen LogP contribution < -0.4 is 25.0 Å². The van der Waals surface area contributed by atoms with Gasteiger partial charge in [0.15, 0.2) is 11.2 Å². The molecule has 0 bridgehead atoms. The Morgan fingerprint density at radius 3 is 2.39 bits per heavy atom. The van der Waals surface area contributed by atoms with E-state index in [1.165, 1.54) is 23.7 Å². The van der Waals surface area contributed by atoms with Crippen LogP contribution in [-0.2, 0) is 32.3 Å². The largest absolute Gasteiger partial charge is 0.493 e. The Kier molecular flexibility index (Phi) is 13.0. The zero-order chi connectivity index (χ0) is 49.5. The van der Waals surface area contributed by atoms with E-state index < -0.39 is 29.7 Å². The summed E-state index contributed by atoms with van der Waals surface area (Å²) in [6.07, 6.45) is 3.91. The minimum atomic E-state index is -1.06. The van der Waals surface area contributed by atoms with Gasteiger partial charge in [-0.05, 0) is 81.1 Å². The summed E-state index contributed by atoms with van der Waals surface area (Å²) in [5.74, 6) is -1.02.